The molecule has 0 aliphatic rings. The number of methoxy groups -OCH3 is 1. The molecule has 1 aromatic carbocycles. The van der Waals surface area contributed by atoms with Crippen molar-refractivity contribution in [2.45, 2.75) is 19.9 Å². The second kappa shape index (κ2) is 7.13. The van der Waals surface area contributed by atoms with Crippen LogP contribution in [0.2, 0.25) is 5.02 Å². The first kappa shape index (κ1) is 16.1. The smallest absolute Gasteiger partial charge is 0.259 e. The Hall–Kier alpha value is -2.27. The van der Waals surface area contributed by atoms with E-state index in [1.807, 2.05) is 13.8 Å². The average Bonchev–Trinajstić information content (AvgIpc) is 2.47. The van der Waals surface area contributed by atoms with E-state index in [1.165, 1.54) is 0 Å². The van der Waals surface area contributed by atoms with Gasteiger partial charge in [0.1, 0.15) is 11.6 Å². The highest BCUT2D eigenvalue weighted by Gasteiger charge is 2.13. The second-order valence-corrected chi connectivity index (χ2v) is 5.41. The Labute approximate surface area is 134 Å². The minimum atomic E-state index is -0.252. The number of halogens is 1. The number of aromatic nitrogens is 1. The van der Waals surface area contributed by atoms with E-state index in [0.29, 0.717) is 27.8 Å². The van der Waals surface area contributed by atoms with Gasteiger partial charge in [-0.2, -0.15) is 0 Å². The number of ether oxygens (including phenoxy) is 1. The number of amides is 1. The van der Waals surface area contributed by atoms with Gasteiger partial charge >= 0.3 is 0 Å². The van der Waals surface area contributed by atoms with Crippen LogP contribution in [0, 0.1) is 0 Å². The number of pyridine rings is 1. The summed E-state index contributed by atoms with van der Waals surface area (Å²) in [5, 5.41) is 6.39. The Morgan fingerprint density at radius 3 is 2.73 bits per heavy atom. The summed E-state index contributed by atoms with van der Waals surface area (Å²) in [6.45, 7) is 3.97. The van der Waals surface area contributed by atoms with Gasteiger partial charge < -0.3 is 15.4 Å². The number of anilines is 2. The summed E-state index contributed by atoms with van der Waals surface area (Å²) in [7, 11) is 1.54. The van der Waals surface area contributed by atoms with Crippen LogP contribution in [-0.4, -0.2) is 24.0 Å². The Balaban J connectivity index is 2.21. The average molecular weight is 320 g/mol. The second-order valence-electron chi connectivity index (χ2n) is 5.00. The third kappa shape index (κ3) is 3.89. The molecule has 0 saturated carbocycles. The van der Waals surface area contributed by atoms with Gasteiger partial charge in [-0.1, -0.05) is 11.6 Å². The number of nitrogens with zero attached hydrogens (tertiary/aromatic N) is 1. The Bertz CT molecular complexity index is 674. The van der Waals surface area contributed by atoms with E-state index in [4.69, 9.17) is 16.3 Å². The molecule has 1 heterocycles. The van der Waals surface area contributed by atoms with Crippen LogP contribution in [0.1, 0.15) is 24.2 Å². The van der Waals surface area contributed by atoms with E-state index >= 15 is 0 Å². The standard InChI is InChI=1S/C16H18ClN3O2/c1-10(2)19-15-12(5-4-8-18-15)16(21)20-11-6-7-14(22-3)13(17)9-11/h4-10H,1-3H3,(H,18,19)(H,20,21). The number of hydrogen-bond donors (Lipinski definition) is 2. The predicted molar refractivity (Wildman–Crippen MR) is 89.0 cm³/mol. The van der Waals surface area contributed by atoms with Crippen molar-refractivity contribution >= 4 is 29.0 Å². The first-order valence-corrected chi connectivity index (χ1v) is 7.25. The van der Waals surface area contributed by atoms with E-state index in [-0.39, 0.29) is 11.9 Å². The number of hydrogen-bond acceptors (Lipinski definition) is 4. The molecule has 5 nitrogen and oxygen atoms in total. The summed E-state index contributed by atoms with van der Waals surface area (Å²) in [6.07, 6.45) is 1.64. The highest BCUT2D eigenvalue weighted by Crippen LogP contribution is 2.27. The van der Waals surface area contributed by atoms with Gasteiger partial charge in [-0.05, 0) is 44.2 Å². The molecule has 0 unspecified atom stereocenters. The molecule has 0 aliphatic carbocycles. The van der Waals surface area contributed by atoms with Crippen molar-refractivity contribution in [1.29, 1.82) is 0 Å². The largest absolute Gasteiger partial charge is 0.495 e. The van der Waals surface area contributed by atoms with Gasteiger partial charge in [0, 0.05) is 17.9 Å². The Morgan fingerprint density at radius 1 is 1.32 bits per heavy atom. The summed E-state index contributed by atoms with van der Waals surface area (Å²) >= 11 is 6.06. The molecular formula is C16H18ClN3O2. The molecule has 0 radical (unpaired) electrons. The highest BCUT2D eigenvalue weighted by molar-refractivity contribution is 6.32. The summed E-state index contributed by atoms with van der Waals surface area (Å²) < 4.78 is 5.09. The molecule has 1 aromatic heterocycles. The number of rotatable bonds is 5. The summed E-state index contributed by atoms with van der Waals surface area (Å²) in [5.41, 5.74) is 1.07. The first-order chi connectivity index (χ1) is 10.5. The van der Waals surface area contributed by atoms with Crippen molar-refractivity contribution in [2.75, 3.05) is 17.7 Å². The van der Waals surface area contributed by atoms with E-state index in [9.17, 15) is 4.79 Å². The normalized spacial score (nSPS) is 10.4. The van der Waals surface area contributed by atoms with Crippen molar-refractivity contribution in [3.8, 4) is 5.75 Å². The summed E-state index contributed by atoms with van der Waals surface area (Å²) in [6, 6.07) is 8.70. The number of benzene rings is 1. The maximum absolute atomic E-state index is 12.4. The van der Waals surface area contributed by atoms with Crippen molar-refractivity contribution < 1.29 is 9.53 Å². The summed E-state index contributed by atoms with van der Waals surface area (Å²) in [4.78, 5) is 16.6. The van der Waals surface area contributed by atoms with Crippen LogP contribution in [0.15, 0.2) is 36.5 Å². The zero-order chi connectivity index (χ0) is 16.1. The molecule has 0 fully saturated rings. The molecule has 0 spiro atoms. The fourth-order valence-electron chi connectivity index (χ4n) is 1.92. The molecule has 116 valence electrons. The maximum Gasteiger partial charge on any atom is 0.259 e. The minimum absolute atomic E-state index is 0.178. The monoisotopic (exact) mass is 319 g/mol. The minimum Gasteiger partial charge on any atom is -0.495 e. The van der Waals surface area contributed by atoms with Gasteiger partial charge in [0.15, 0.2) is 0 Å². The molecule has 6 heteroatoms. The SMILES string of the molecule is COc1ccc(NC(=O)c2cccnc2NC(C)C)cc1Cl. The molecular weight excluding hydrogens is 302 g/mol. The van der Waals surface area contributed by atoms with Crippen LogP contribution in [0.3, 0.4) is 0 Å². The van der Waals surface area contributed by atoms with Crippen LogP contribution in [0.25, 0.3) is 0 Å². The number of carbonyl (C=O) groups excluding carboxylic acids is 1. The quantitative estimate of drug-likeness (QED) is 0.879. The molecule has 0 bridgehead atoms. The van der Waals surface area contributed by atoms with Gasteiger partial charge in [-0.3, -0.25) is 4.79 Å². The maximum atomic E-state index is 12.4. The van der Waals surface area contributed by atoms with Gasteiger partial charge in [0.05, 0.1) is 17.7 Å². The molecule has 2 aromatic rings. The lowest BCUT2D eigenvalue weighted by molar-refractivity contribution is 0.102. The molecule has 2 rings (SSSR count). The van der Waals surface area contributed by atoms with Crippen LogP contribution >= 0.6 is 11.6 Å². The first-order valence-electron chi connectivity index (χ1n) is 6.87. The molecule has 0 aliphatic heterocycles. The molecule has 0 atom stereocenters. The van der Waals surface area contributed by atoms with E-state index in [1.54, 1.807) is 43.6 Å². The lowest BCUT2D eigenvalue weighted by Gasteiger charge is -2.13. The van der Waals surface area contributed by atoms with E-state index in [2.05, 4.69) is 15.6 Å². The van der Waals surface area contributed by atoms with Crippen LogP contribution in [0.4, 0.5) is 11.5 Å². The lowest BCUT2D eigenvalue weighted by Crippen LogP contribution is -2.18. The van der Waals surface area contributed by atoms with Crippen LogP contribution in [-0.2, 0) is 0 Å². The van der Waals surface area contributed by atoms with Crippen molar-refractivity contribution in [3.63, 3.8) is 0 Å². The van der Waals surface area contributed by atoms with Gasteiger partial charge in [0.2, 0.25) is 0 Å². The molecule has 2 N–H and O–H groups in total. The fourth-order valence-corrected chi connectivity index (χ4v) is 2.18. The predicted octanol–water partition coefficient (Wildman–Crippen LogP) is 3.82. The lowest BCUT2D eigenvalue weighted by atomic mass is 10.2. The van der Waals surface area contributed by atoms with E-state index in [0.717, 1.165) is 0 Å². The van der Waals surface area contributed by atoms with Crippen molar-refractivity contribution in [2.24, 2.45) is 0 Å². The topological polar surface area (TPSA) is 63.2 Å². The Kier molecular flexibility index (Phi) is 5.22. The van der Waals surface area contributed by atoms with Gasteiger partial charge in [-0.15, -0.1) is 0 Å². The van der Waals surface area contributed by atoms with Gasteiger partial charge in [0.25, 0.3) is 5.91 Å². The fraction of sp³-hybridized carbons (Fsp3) is 0.250. The van der Waals surface area contributed by atoms with Crippen LogP contribution in [0.5, 0.6) is 5.75 Å². The van der Waals surface area contributed by atoms with Crippen molar-refractivity contribution in [1.82, 2.24) is 4.98 Å². The highest BCUT2D eigenvalue weighted by atomic mass is 35.5. The number of nitrogens with one attached hydrogen (secondary N) is 2. The van der Waals surface area contributed by atoms with Gasteiger partial charge in [-0.25, -0.2) is 4.98 Å². The number of carbonyl (C=O) groups is 1. The molecule has 1 amide bonds. The Morgan fingerprint density at radius 2 is 2.09 bits per heavy atom. The van der Waals surface area contributed by atoms with Crippen molar-refractivity contribution in [3.05, 3.63) is 47.1 Å². The third-order valence-electron chi connectivity index (χ3n) is 2.89. The van der Waals surface area contributed by atoms with E-state index < -0.39 is 0 Å². The zero-order valence-corrected chi connectivity index (χ0v) is 13.4. The zero-order valence-electron chi connectivity index (χ0n) is 12.7. The third-order valence-corrected chi connectivity index (χ3v) is 3.18. The van der Waals surface area contributed by atoms with Crippen LogP contribution < -0.4 is 15.4 Å². The molecule has 0 saturated heterocycles. The summed E-state index contributed by atoms with van der Waals surface area (Å²) in [5.74, 6) is 0.857. The molecule has 22 heavy (non-hydrogen) atoms.